The minimum Gasteiger partial charge on any atom is -0.485 e. The molecule has 0 aliphatic rings. The number of halogens is 2. The van der Waals surface area contributed by atoms with Crippen molar-refractivity contribution in [2.24, 2.45) is 0 Å². The van der Waals surface area contributed by atoms with Crippen molar-refractivity contribution < 1.29 is 19.0 Å². The molecule has 2 aromatic carbocycles. The maximum Gasteiger partial charge on any atom is 0.339 e. The molecule has 0 fully saturated rings. The highest BCUT2D eigenvalue weighted by Gasteiger charge is 2.15. The van der Waals surface area contributed by atoms with E-state index in [1.165, 1.54) is 18.2 Å². The summed E-state index contributed by atoms with van der Waals surface area (Å²) in [5, 5.41) is 8.99. The number of carboxylic acids is 1. The van der Waals surface area contributed by atoms with E-state index in [2.05, 4.69) is 15.9 Å². The lowest BCUT2D eigenvalue weighted by atomic mass is 10.2. The molecule has 0 amide bonds. The van der Waals surface area contributed by atoms with Crippen molar-refractivity contribution in [2.45, 2.75) is 6.61 Å². The van der Waals surface area contributed by atoms with Crippen molar-refractivity contribution in [2.75, 3.05) is 0 Å². The third-order valence-electron chi connectivity index (χ3n) is 2.53. The van der Waals surface area contributed by atoms with E-state index in [-0.39, 0.29) is 17.9 Å². The van der Waals surface area contributed by atoms with Crippen LogP contribution in [0.2, 0.25) is 0 Å². The van der Waals surface area contributed by atoms with Gasteiger partial charge in [0, 0.05) is 10.0 Å². The van der Waals surface area contributed by atoms with E-state index in [4.69, 9.17) is 9.84 Å². The van der Waals surface area contributed by atoms with Gasteiger partial charge in [-0.2, -0.15) is 0 Å². The summed E-state index contributed by atoms with van der Waals surface area (Å²) in [5.74, 6) is -2.15. The van der Waals surface area contributed by atoms with Crippen LogP contribution in [-0.4, -0.2) is 11.1 Å². The van der Waals surface area contributed by atoms with Gasteiger partial charge in [-0.05, 0) is 18.2 Å². The van der Waals surface area contributed by atoms with Crippen molar-refractivity contribution in [1.82, 2.24) is 0 Å². The summed E-state index contributed by atoms with van der Waals surface area (Å²) in [6.45, 7) is 0.0859. The van der Waals surface area contributed by atoms with Gasteiger partial charge in [0.25, 0.3) is 0 Å². The van der Waals surface area contributed by atoms with Crippen LogP contribution in [-0.2, 0) is 6.61 Å². The van der Waals surface area contributed by atoms with Gasteiger partial charge in [-0.15, -0.1) is 0 Å². The van der Waals surface area contributed by atoms with Crippen molar-refractivity contribution >= 4 is 21.9 Å². The molecule has 3 nitrogen and oxygen atoms in total. The lowest BCUT2D eigenvalue weighted by Crippen LogP contribution is -2.05. The number of aromatic carboxylic acids is 1. The van der Waals surface area contributed by atoms with E-state index in [1.54, 1.807) is 0 Å². The zero-order valence-electron chi connectivity index (χ0n) is 9.77. The van der Waals surface area contributed by atoms with Crippen LogP contribution in [0, 0.1) is 5.82 Å². The second-order valence-electron chi connectivity index (χ2n) is 3.80. The molecule has 1 N–H and O–H groups in total. The van der Waals surface area contributed by atoms with E-state index in [9.17, 15) is 9.18 Å². The van der Waals surface area contributed by atoms with E-state index in [1.807, 2.05) is 24.3 Å². The zero-order chi connectivity index (χ0) is 13.8. The van der Waals surface area contributed by atoms with E-state index >= 15 is 0 Å². The number of carbonyl (C=O) groups is 1. The average Bonchev–Trinajstić information content (AvgIpc) is 2.38. The monoisotopic (exact) mass is 324 g/mol. The Morgan fingerprint density at radius 2 is 1.95 bits per heavy atom. The quantitative estimate of drug-likeness (QED) is 0.928. The number of carboxylic acid groups (broad SMARTS) is 1. The molecule has 0 unspecified atom stereocenters. The predicted molar refractivity (Wildman–Crippen MR) is 71.8 cm³/mol. The van der Waals surface area contributed by atoms with Gasteiger partial charge in [-0.3, -0.25) is 0 Å². The fourth-order valence-corrected chi connectivity index (χ4v) is 1.99. The molecule has 0 aromatic heterocycles. The fraction of sp³-hybridized carbons (Fsp3) is 0.0714. The number of benzene rings is 2. The Balaban J connectivity index is 2.25. The molecule has 0 saturated carbocycles. The Kier molecular flexibility index (Phi) is 4.16. The number of hydrogen-bond acceptors (Lipinski definition) is 2. The van der Waals surface area contributed by atoms with Crippen LogP contribution in [0.3, 0.4) is 0 Å². The Bertz CT molecular complexity index is 613. The molecule has 5 heteroatoms. The van der Waals surface area contributed by atoms with Crippen molar-refractivity contribution in [1.29, 1.82) is 0 Å². The molecule has 0 radical (unpaired) electrons. The highest BCUT2D eigenvalue weighted by molar-refractivity contribution is 9.10. The van der Waals surface area contributed by atoms with Gasteiger partial charge >= 0.3 is 5.97 Å². The van der Waals surface area contributed by atoms with E-state index in [0.717, 1.165) is 10.0 Å². The smallest absolute Gasteiger partial charge is 0.339 e. The largest absolute Gasteiger partial charge is 0.485 e. The Morgan fingerprint density at radius 3 is 2.63 bits per heavy atom. The van der Waals surface area contributed by atoms with Crippen LogP contribution in [0.1, 0.15) is 15.9 Å². The van der Waals surface area contributed by atoms with Gasteiger partial charge < -0.3 is 9.84 Å². The summed E-state index contributed by atoms with van der Waals surface area (Å²) in [7, 11) is 0. The van der Waals surface area contributed by atoms with Crippen LogP contribution in [0.4, 0.5) is 4.39 Å². The van der Waals surface area contributed by atoms with Crippen LogP contribution in [0.25, 0.3) is 0 Å². The molecular weight excluding hydrogens is 315 g/mol. The lowest BCUT2D eigenvalue weighted by Gasteiger charge is -2.11. The van der Waals surface area contributed by atoms with Gasteiger partial charge in [0.15, 0.2) is 11.6 Å². The highest BCUT2D eigenvalue weighted by atomic mass is 79.9. The second kappa shape index (κ2) is 5.84. The lowest BCUT2D eigenvalue weighted by molar-refractivity contribution is 0.0690. The Hall–Kier alpha value is -1.88. The summed E-state index contributed by atoms with van der Waals surface area (Å²) in [5.41, 5.74) is 0.620. The number of para-hydroxylation sites is 1. The van der Waals surface area contributed by atoms with Crippen LogP contribution >= 0.6 is 15.9 Å². The highest BCUT2D eigenvalue weighted by Crippen LogP contribution is 2.25. The first-order chi connectivity index (χ1) is 9.09. The summed E-state index contributed by atoms with van der Waals surface area (Å²) < 4.78 is 19.7. The first kappa shape index (κ1) is 13.5. The Labute approximate surface area is 117 Å². The first-order valence-corrected chi connectivity index (χ1v) is 6.27. The number of rotatable bonds is 4. The van der Waals surface area contributed by atoms with Crippen LogP contribution < -0.4 is 4.74 Å². The second-order valence-corrected chi connectivity index (χ2v) is 4.66. The molecule has 2 rings (SSSR count). The average molecular weight is 325 g/mol. The molecule has 98 valence electrons. The van der Waals surface area contributed by atoms with Crippen LogP contribution in [0.15, 0.2) is 46.9 Å². The third kappa shape index (κ3) is 3.12. The van der Waals surface area contributed by atoms with Crippen molar-refractivity contribution in [3.8, 4) is 5.75 Å². The molecule has 2 aromatic rings. The third-order valence-corrected chi connectivity index (χ3v) is 3.30. The van der Waals surface area contributed by atoms with Gasteiger partial charge in [-0.1, -0.05) is 40.2 Å². The maximum absolute atomic E-state index is 13.6. The van der Waals surface area contributed by atoms with Crippen LogP contribution in [0.5, 0.6) is 5.75 Å². The maximum atomic E-state index is 13.6. The minimum atomic E-state index is -1.22. The molecule has 0 atom stereocenters. The van der Waals surface area contributed by atoms with E-state index in [0.29, 0.717) is 0 Å². The van der Waals surface area contributed by atoms with Gasteiger partial charge in [0.05, 0.1) is 0 Å². The van der Waals surface area contributed by atoms with Crippen molar-refractivity contribution in [3.05, 3.63) is 63.9 Å². The topological polar surface area (TPSA) is 46.5 Å². The molecule has 0 aliphatic heterocycles. The van der Waals surface area contributed by atoms with Gasteiger partial charge in [-0.25, -0.2) is 9.18 Å². The summed E-state index contributed by atoms with van der Waals surface area (Å²) >= 11 is 3.35. The molecule has 0 bridgehead atoms. The van der Waals surface area contributed by atoms with E-state index < -0.39 is 11.8 Å². The number of hydrogen-bond donors (Lipinski definition) is 1. The standard InChI is InChI=1S/C14H10BrFO3/c15-11-6-2-1-4-9(11)8-19-13-10(14(17)18)5-3-7-12(13)16/h1-7H,8H2,(H,17,18). The molecular formula is C14H10BrFO3. The predicted octanol–water partition coefficient (Wildman–Crippen LogP) is 3.87. The van der Waals surface area contributed by atoms with Crippen molar-refractivity contribution in [3.63, 3.8) is 0 Å². The zero-order valence-corrected chi connectivity index (χ0v) is 11.4. The molecule has 0 heterocycles. The summed E-state index contributed by atoms with van der Waals surface area (Å²) in [6, 6.07) is 11.1. The summed E-state index contributed by atoms with van der Waals surface area (Å²) in [6.07, 6.45) is 0. The molecule has 19 heavy (non-hydrogen) atoms. The molecule has 0 spiro atoms. The molecule has 0 saturated heterocycles. The SMILES string of the molecule is O=C(O)c1cccc(F)c1OCc1ccccc1Br. The van der Waals surface area contributed by atoms with Gasteiger partial charge in [0.1, 0.15) is 12.2 Å². The fourth-order valence-electron chi connectivity index (χ4n) is 1.59. The summed E-state index contributed by atoms with van der Waals surface area (Å²) in [4.78, 5) is 11.0. The number of ether oxygens (including phenoxy) is 1. The minimum absolute atomic E-state index is 0.0859. The van der Waals surface area contributed by atoms with Gasteiger partial charge in [0.2, 0.25) is 0 Å². The Morgan fingerprint density at radius 1 is 1.21 bits per heavy atom. The molecule has 0 aliphatic carbocycles. The normalized spacial score (nSPS) is 10.2. The first-order valence-electron chi connectivity index (χ1n) is 5.47.